The number of rotatable bonds is 4. The zero-order chi connectivity index (χ0) is 14.7. The molecule has 0 aromatic heterocycles. The van der Waals surface area contributed by atoms with Gasteiger partial charge in [-0.15, -0.1) is 0 Å². The minimum absolute atomic E-state index is 0.160. The summed E-state index contributed by atoms with van der Waals surface area (Å²) in [6, 6.07) is 14.2. The van der Waals surface area contributed by atoms with E-state index in [9.17, 15) is 0 Å². The van der Waals surface area contributed by atoms with Crippen molar-refractivity contribution in [2.75, 3.05) is 0 Å². The second-order valence-corrected chi connectivity index (χ2v) is 6.45. The van der Waals surface area contributed by atoms with Crippen LogP contribution in [0.2, 0.25) is 5.02 Å². The molecule has 0 spiro atoms. The van der Waals surface area contributed by atoms with E-state index >= 15 is 0 Å². The van der Waals surface area contributed by atoms with Gasteiger partial charge < -0.3 is 4.74 Å². The van der Waals surface area contributed by atoms with Gasteiger partial charge in [-0.2, -0.15) is 0 Å². The standard InChI is InChI=1S/C17H18BrClO/c1-11(2)20-15-7-4-13(5-8-15)17(18)16-9-6-14(19)10-12(16)3/h4-11,17H,1-3H3. The molecule has 0 amide bonds. The topological polar surface area (TPSA) is 9.23 Å². The summed E-state index contributed by atoms with van der Waals surface area (Å²) in [6.45, 7) is 6.13. The third-order valence-electron chi connectivity index (χ3n) is 3.05. The SMILES string of the molecule is Cc1cc(Cl)ccc1C(Br)c1ccc(OC(C)C)cc1. The fourth-order valence-corrected chi connectivity index (χ4v) is 3.14. The lowest BCUT2D eigenvalue weighted by atomic mass is 10.0. The van der Waals surface area contributed by atoms with Crippen LogP contribution in [0.25, 0.3) is 0 Å². The second-order valence-electron chi connectivity index (χ2n) is 5.10. The van der Waals surface area contributed by atoms with Crippen LogP contribution in [-0.2, 0) is 0 Å². The quantitative estimate of drug-likeness (QED) is 0.620. The van der Waals surface area contributed by atoms with E-state index in [0.29, 0.717) is 0 Å². The number of hydrogen-bond donors (Lipinski definition) is 0. The van der Waals surface area contributed by atoms with E-state index in [4.69, 9.17) is 16.3 Å². The molecule has 0 bridgehead atoms. The van der Waals surface area contributed by atoms with Gasteiger partial charge >= 0.3 is 0 Å². The van der Waals surface area contributed by atoms with Crippen molar-refractivity contribution < 1.29 is 4.74 Å². The van der Waals surface area contributed by atoms with Gasteiger partial charge in [-0.1, -0.05) is 45.7 Å². The molecule has 0 N–H and O–H groups in total. The summed E-state index contributed by atoms with van der Waals surface area (Å²) in [7, 11) is 0. The minimum Gasteiger partial charge on any atom is -0.491 e. The minimum atomic E-state index is 0.160. The first kappa shape index (κ1) is 15.4. The van der Waals surface area contributed by atoms with Gasteiger partial charge in [-0.25, -0.2) is 0 Å². The van der Waals surface area contributed by atoms with E-state index in [-0.39, 0.29) is 10.9 Å². The highest BCUT2D eigenvalue weighted by Crippen LogP contribution is 2.34. The fourth-order valence-electron chi connectivity index (χ4n) is 2.09. The Morgan fingerprint density at radius 2 is 1.70 bits per heavy atom. The van der Waals surface area contributed by atoms with Crippen LogP contribution in [0.3, 0.4) is 0 Å². The van der Waals surface area contributed by atoms with Crippen molar-refractivity contribution in [1.29, 1.82) is 0 Å². The molecule has 0 heterocycles. The molecule has 0 aliphatic heterocycles. The van der Waals surface area contributed by atoms with Crippen molar-refractivity contribution in [3.8, 4) is 5.75 Å². The normalized spacial score (nSPS) is 12.5. The molecule has 0 radical (unpaired) electrons. The number of halogens is 2. The Morgan fingerprint density at radius 3 is 2.25 bits per heavy atom. The maximum absolute atomic E-state index is 6.00. The van der Waals surface area contributed by atoms with Crippen LogP contribution < -0.4 is 4.74 Å². The van der Waals surface area contributed by atoms with Gasteiger partial charge in [0, 0.05) is 5.02 Å². The van der Waals surface area contributed by atoms with Crippen LogP contribution in [0.15, 0.2) is 42.5 Å². The first-order valence-electron chi connectivity index (χ1n) is 6.64. The molecule has 1 unspecified atom stereocenters. The summed E-state index contributed by atoms with van der Waals surface area (Å²) in [4.78, 5) is 0.160. The molecule has 1 nitrogen and oxygen atoms in total. The van der Waals surface area contributed by atoms with E-state index in [0.717, 1.165) is 10.8 Å². The second kappa shape index (κ2) is 6.64. The number of hydrogen-bond acceptors (Lipinski definition) is 1. The molecule has 0 fully saturated rings. The van der Waals surface area contributed by atoms with Crippen LogP contribution in [0.1, 0.15) is 35.4 Å². The molecule has 1 atom stereocenters. The molecule has 0 aliphatic rings. The smallest absolute Gasteiger partial charge is 0.119 e. The first-order chi connectivity index (χ1) is 9.47. The Morgan fingerprint density at radius 1 is 1.05 bits per heavy atom. The van der Waals surface area contributed by atoms with Crippen molar-refractivity contribution in [2.45, 2.75) is 31.7 Å². The maximum Gasteiger partial charge on any atom is 0.119 e. The van der Waals surface area contributed by atoms with Crippen molar-refractivity contribution in [1.82, 2.24) is 0 Å². The lowest BCUT2D eigenvalue weighted by Gasteiger charge is -2.15. The Kier molecular flexibility index (Phi) is 5.11. The summed E-state index contributed by atoms with van der Waals surface area (Å²) in [5, 5.41) is 0.770. The largest absolute Gasteiger partial charge is 0.491 e. The lowest BCUT2D eigenvalue weighted by molar-refractivity contribution is 0.242. The van der Waals surface area contributed by atoms with Crippen LogP contribution in [0.5, 0.6) is 5.75 Å². The zero-order valence-corrected chi connectivity index (χ0v) is 14.2. The molecule has 2 aromatic carbocycles. The summed E-state index contributed by atoms with van der Waals surface area (Å²) in [5.41, 5.74) is 3.61. The van der Waals surface area contributed by atoms with Crippen LogP contribution in [0.4, 0.5) is 0 Å². The van der Waals surface area contributed by atoms with E-state index in [1.807, 2.05) is 38.1 Å². The van der Waals surface area contributed by atoms with Gasteiger partial charge in [0.15, 0.2) is 0 Å². The summed E-state index contributed by atoms with van der Waals surface area (Å²) < 4.78 is 5.66. The third kappa shape index (κ3) is 3.77. The van der Waals surface area contributed by atoms with Gasteiger partial charge in [0.1, 0.15) is 5.75 Å². The van der Waals surface area contributed by atoms with E-state index in [1.54, 1.807) is 0 Å². The third-order valence-corrected chi connectivity index (χ3v) is 4.31. The molecular formula is C17H18BrClO. The molecule has 0 saturated carbocycles. The molecule has 3 heteroatoms. The van der Waals surface area contributed by atoms with Gasteiger partial charge in [-0.3, -0.25) is 0 Å². The number of benzene rings is 2. The summed E-state index contributed by atoms with van der Waals surface area (Å²) in [6.07, 6.45) is 0.194. The predicted octanol–water partition coefficient (Wildman–Crippen LogP) is 5.92. The highest BCUT2D eigenvalue weighted by Gasteiger charge is 2.13. The molecule has 106 valence electrons. The number of aryl methyl sites for hydroxylation is 1. The Bertz CT molecular complexity index is 578. The van der Waals surface area contributed by atoms with Gasteiger partial charge in [-0.05, 0) is 61.7 Å². The Balaban J connectivity index is 2.22. The molecule has 2 rings (SSSR count). The molecule has 0 aliphatic carbocycles. The molecular weight excluding hydrogens is 336 g/mol. The predicted molar refractivity (Wildman–Crippen MR) is 89.2 cm³/mol. The van der Waals surface area contributed by atoms with Crippen molar-refractivity contribution in [2.24, 2.45) is 0 Å². The van der Waals surface area contributed by atoms with E-state index in [1.165, 1.54) is 16.7 Å². The molecule has 0 saturated heterocycles. The van der Waals surface area contributed by atoms with Gasteiger partial charge in [0.25, 0.3) is 0 Å². The number of alkyl halides is 1. The Labute approximate surface area is 134 Å². The summed E-state index contributed by atoms with van der Waals surface area (Å²) in [5.74, 6) is 0.899. The van der Waals surface area contributed by atoms with Crippen LogP contribution in [0, 0.1) is 6.92 Å². The van der Waals surface area contributed by atoms with Crippen molar-refractivity contribution in [3.63, 3.8) is 0 Å². The highest BCUT2D eigenvalue weighted by molar-refractivity contribution is 9.09. The molecule has 2 aromatic rings. The maximum atomic E-state index is 6.00. The Hall–Kier alpha value is -0.990. The zero-order valence-electron chi connectivity index (χ0n) is 11.9. The lowest BCUT2D eigenvalue weighted by Crippen LogP contribution is -2.05. The van der Waals surface area contributed by atoms with Crippen molar-refractivity contribution in [3.05, 3.63) is 64.2 Å². The molecule has 20 heavy (non-hydrogen) atoms. The fraction of sp³-hybridized carbons (Fsp3) is 0.294. The van der Waals surface area contributed by atoms with Gasteiger partial charge in [0.05, 0.1) is 10.9 Å². The van der Waals surface area contributed by atoms with Crippen LogP contribution >= 0.6 is 27.5 Å². The summed E-state index contributed by atoms with van der Waals surface area (Å²) >= 11 is 9.77. The van der Waals surface area contributed by atoms with Gasteiger partial charge in [0.2, 0.25) is 0 Å². The highest BCUT2D eigenvalue weighted by atomic mass is 79.9. The van der Waals surface area contributed by atoms with Crippen molar-refractivity contribution >= 4 is 27.5 Å². The average Bonchev–Trinajstić information content (AvgIpc) is 2.38. The van der Waals surface area contributed by atoms with Crippen LogP contribution in [-0.4, -0.2) is 6.10 Å². The van der Waals surface area contributed by atoms with E-state index in [2.05, 4.69) is 41.1 Å². The monoisotopic (exact) mass is 352 g/mol. The van der Waals surface area contributed by atoms with E-state index < -0.39 is 0 Å². The average molecular weight is 354 g/mol. The number of ether oxygens (including phenoxy) is 1. The first-order valence-corrected chi connectivity index (χ1v) is 7.93.